The summed E-state index contributed by atoms with van der Waals surface area (Å²) in [6.45, 7) is 12.8. The third-order valence-electron chi connectivity index (χ3n) is 4.40. The number of aryl methyl sites for hydroxylation is 2. The number of amides is 1. The summed E-state index contributed by atoms with van der Waals surface area (Å²) in [5, 5.41) is 13.1. The Bertz CT molecular complexity index is 751. The molecule has 1 aliphatic heterocycles. The van der Waals surface area contributed by atoms with Crippen LogP contribution in [-0.2, 0) is 4.79 Å². The van der Waals surface area contributed by atoms with E-state index in [9.17, 15) is 4.79 Å². The first kappa shape index (κ1) is 17.4. The maximum absolute atomic E-state index is 12.4. The molecule has 25 heavy (non-hydrogen) atoms. The summed E-state index contributed by atoms with van der Waals surface area (Å²) in [5.41, 5.74) is 1.67. The van der Waals surface area contributed by atoms with Gasteiger partial charge in [-0.15, -0.1) is 10.2 Å². The predicted octanol–water partition coefficient (Wildman–Crippen LogP) is 1.97. The highest BCUT2D eigenvalue weighted by atomic mass is 16.2. The van der Waals surface area contributed by atoms with Crippen LogP contribution in [0.3, 0.4) is 0 Å². The zero-order valence-corrected chi connectivity index (χ0v) is 15.7. The van der Waals surface area contributed by atoms with Gasteiger partial charge in [0, 0.05) is 37.3 Å². The van der Waals surface area contributed by atoms with Crippen molar-refractivity contribution in [1.82, 2.24) is 24.9 Å². The van der Waals surface area contributed by atoms with E-state index >= 15 is 0 Å². The van der Waals surface area contributed by atoms with Crippen molar-refractivity contribution in [3.63, 3.8) is 0 Å². The molecule has 0 atom stereocenters. The third-order valence-corrected chi connectivity index (χ3v) is 4.40. The Kier molecular flexibility index (Phi) is 4.49. The zero-order valence-electron chi connectivity index (χ0n) is 15.7. The highest BCUT2D eigenvalue weighted by Gasteiger charge is 2.30. The Morgan fingerprint density at radius 3 is 2.08 bits per heavy atom. The number of piperazine rings is 1. The highest BCUT2D eigenvalue weighted by molar-refractivity contribution is 5.81. The Labute approximate surface area is 148 Å². The number of hydrogen-bond acceptors (Lipinski definition) is 5. The fourth-order valence-electron chi connectivity index (χ4n) is 3.07. The molecule has 1 saturated heterocycles. The fraction of sp³-hybridized carbons (Fsp3) is 0.556. The molecule has 3 heterocycles. The molecular weight excluding hydrogens is 316 g/mol. The quantitative estimate of drug-likeness (QED) is 0.835. The summed E-state index contributed by atoms with van der Waals surface area (Å²) in [7, 11) is 0. The van der Waals surface area contributed by atoms with E-state index in [1.165, 1.54) is 0 Å². The first-order chi connectivity index (χ1) is 11.8. The molecule has 0 bridgehead atoms. The average Bonchev–Trinajstić information content (AvgIpc) is 2.92. The molecule has 1 amide bonds. The van der Waals surface area contributed by atoms with Gasteiger partial charge >= 0.3 is 0 Å². The molecule has 7 nitrogen and oxygen atoms in total. The van der Waals surface area contributed by atoms with Gasteiger partial charge in [-0.2, -0.15) is 5.10 Å². The number of carbonyl (C=O) groups is 1. The Hall–Kier alpha value is -2.44. The van der Waals surface area contributed by atoms with Gasteiger partial charge < -0.3 is 9.80 Å². The molecule has 0 N–H and O–H groups in total. The Morgan fingerprint density at radius 1 is 1.00 bits per heavy atom. The monoisotopic (exact) mass is 342 g/mol. The van der Waals surface area contributed by atoms with Crippen molar-refractivity contribution < 1.29 is 4.79 Å². The summed E-state index contributed by atoms with van der Waals surface area (Å²) in [5.74, 6) is 1.77. The average molecular weight is 342 g/mol. The van der Waals surface area contributed by atoms with Crippen molar-refractivity contribution in [2.75, 3.05) is 31.1 Å². The second kappa shape index (κ2) is 6.46. The molecule has 0 aliphatic carbocycles. The molecule has 2 aromatic rings. The second-order valence-corrected chi connectivity index (χ2v) is 7.62. The van der Waals surface area contributed by atoms with Gasteiger partial charge in [0.1, 0.15) is 0 Å². The normalized spacial score (nSPS) is 15.6. The number of rotatable bonds is 2. The van der Waals surface area contributed by atoms with Crippen molar-refractivity contribution >= 4 is 11.7 Å². The lowest BCUT2D eigenvalue weighted by atomic mass is 9.94. The van der Waals surface area contributed by atoms with Crippen LogP contribution < -0.4 is 4.90 Å². The van der Waals surface area contributed by atoms with Gasteiger partial charge in [-0.1, -0.05) is 20.8 Å². The van der Waals surface area contributed by atoms with Gasteiger partial charge in [0.05, 0.1) is 5.69 Å². The van der Waals surface area contributed by atoms with Gasteiger partial charge in [0.15, 0.2) is 11.6 Å². The van der Waals surface area contributed by atoms with Gasteiger partial charge in [0.25, 0.3) is 0 Å². The van der Waals surface area contributed by atoms with Crippen LogP contribution in [0.2, 0.25) is 0 Å². The Morgan fingerprint density at radius 2 is 1.60 bits per heavy atom. The topological polar surface area (TPSA) is 67.2 Å². The fourth-order valence-corrected chi connectivity index (χ4v) is 3.07. The van der Waals surface area contributed by atoms with Crippen molar-refractivity contribution in [3.05, 3.63) is 29.6 Å². The SMILES string of the molecule is Cc1cc(C)n(-c2ccc(N3CCN(C(=O)C(C)(C)C)CC3)nn2)n1. The van der Waals surface area contributed by atoms with Gasteiger partial charge in [0.2, 0.25) is 5.91 Å². The van der Waals surface area contributed by atoms with E-state index in [4.69, 9.17) is 0 Å². The smallest absolute Gasteiger partial charge is 0.228 e. The summed E-state index contributed by atoms with van der Waals surface area (Å²) in [6, 6.07) is 5.93. The molecular formula is C18H26N6O. The van der Waals surface area contributed by atoms with Crippen LogP contribution >= 0.6 is 0 Å². The van der Waals surface area contributed by atoms with Crippen LogP contribution in [0.1, 0.15) is 32.2 Å². The van der Waals surface area contributed by atoms with Gasteiger partial charge in [-0.25, -0.2) is 4.68 Å². The van der Waals surface area contributed by atoms with Crippen LogP contribution in [-0.4, -0.2) is 57.0 Å². The third kappa shape index (κ3) is 3.65. The van der Waals surface area contributed by atoms with E-state index in [2.05, 4.69) is 20.2 Å². The van der Waals surface area contributed by atoms with E-state index in [1.54, 1.807) is 4.68 Å². The molecule has 134 valence electrons. The van der Waals surface area contributed by atoms with E-state index in [1.807, 2.05) is 57.7 Å². The first-order valence-electron chi connectivity index (χ1n) is 8.67. The predicted molar refractivity (Wildman–Crippen MR) is 96.9 cm³/mol. The van der Waals surface area contributed by atoms with Crippen LogP contribution in [0.15, 0.2) is 18.2 Å². The van der Waals surface area contributed by atoms with Crippen LogP contribution in [0.5, 0.6) is 0 Å². The molecule has 3 rings (SSSR count). The minimum atomic E-state index is -0.330. The molecule has 7 heteroatoms. The molecule has 2 aromatic heterocycles. The highest BCUT2D eigenvalue weighted by Crippen LogP contribution is 2.20. The molecule has 0 aromatic carbocycles. The molecule has 0 spiro atoms. The maximum Gasteiger partial charge on any atom is 0.228 e. The minimum Gasteiger partial charge on any atom is -0.352 e. The molecule has 0 saturated carbocycles. The summed E-state index contributed by atoms with van der Waals surface area (Å²) < 4.78 is 1.80. The number of carbonyl (C=O) groups excluding carboxylic acids is 1. The largest absolute Gasteiger partial charge is 0.352 e. The van der Waals surface area contributed by atoms with Gasteiger partial charge in [-0.05, 0) is 32.0 Å². The summed E-state index contributed by atoms with van der Waals surface area (Å²) in [6.07, 6.45) is 0. The molecule has 0 unspecified atom stereocenters. The second-order valence-electron chi connectivity index (χ2n) is 7.62. The van der Waals surface area contributed by atoms with Crippen LogP contribution in [0, 0.1) is 19.3 Å². The zero-order chi connectivity index (χ0) is 18.2. The number of nitrogens with zero attached hydrogens (tertiary/aromatic N) is 6. The lowest BCUT2D eigenvalue weighted by Gasteiger charge is -2.38. The Balaban J connectivity index is 1.66. The molecule has 1 aliphatic rings. The van der Waals surface area contributed by atoms with Crippen molar-refractivity contribution in [2.45, 2.75) is 34.6 Å². The standard InChI is InChI=1S/C18H26N6O/c1-13-12-14(2)24(21-13)16-7-6-15(19-20-16)22-8-10-23(11-9-22)17(25)18(3,4)5/h6-7,12H,8-11H2,1-5H3. The number of anilines is 1. The van der Waals surface area contributed by atoms with Crippen LogP contribution in [0.25, 0.3) is 5.82 Å². The van der Waals surface area contributed by atoms with E-state index in [0.717, 1.165) is 49.2 Å². The van der Waals surface area contributed by atoms with E-state index in [-0.39, 0.29) is 11.3 Å². The van der Waals surface area contributed by atoms with Crippen molar-refractivity contribution in [2.24, 2.45) is 5.41 Å². The summed E-state index contributed by atoms with van der Waals surface area (Å²) >= 11 is 0. The van der Waals surface area contributed by atoms with Crippen LogP contribution in [0.4, 0.5) is 5.82 Å². The minimum absolute atomic E-state index is 0.207. The first-order valence-corrected chi connectivity index (χ1v) is 8.67. The molecule has 0 radical (unpaired) electrons. The van der Waals surface area contributed by atoms with E-state index < -0.39 is 0 Å². The van der Waals surface area contributed by atoms with Crippen molar-refractivity contribution in [1.29, 1.82) is 0 Å². The van der Waals surface area contributed by atoms with E-state index in [0.29, 0.717) is 0 Å². The van der Waals surface area contributed by atoms with Crippen molar-refractivity contribution in [3.8, 4) is 5.82 Å². The van der Waals surface area contributed by atoms with Gasteiger partial charge in [-0.3, -0.25) is 4.79 Å². The maximum atomic E-state index is 12.4. The number of aromatic nitrogens is 4. The number of hydrogen-bond donors (Lipinski definition) is 0. The lowest BCUT2D eigenvalue weighted by molar-refractivity contribution is -0.139. The lowest BCUT2D eigenvalue weighted by Crippen LogP contribution is -2.51. The molecule has 1 fully saturated rings. The summed E-state index contributed by atoms with van der Waals surface area (Å²) in [4.78, 5) is 16.5.